The van der Waals surface area contributed by atoms with Gasteiger partial charge in [0.05, 0.1) is 34.1 Å². The molecule has 0 atom stereocenters. The molecule has 0 fully saturated rings. The summed E-state index contributed by atoms with van der Waals surface area (Å²) in [5.41, 5.74) is -0.443. The first-order valence-electron chi connectivity index (χ1n) is 12.6. The van der Waals surface area contributed by atoms with Crippen LogP contribution in [0.5, 0.6) is 11.5 Å². The lowest BCUT2D eigenvalue weighted by atomic mass is 10.1. The van der Waals surface area contributed by atoms with Crippen molar-refractivity contribution in [3.8, 4) is 11.5 Å². The van der Waals surface area contributed by atoms with E-state index >= 15 is 4.39 Å². The molecule has 1 N–H and O–H groups in total. The fraction of sp³-hybridized carbons (Fsp3) is 0.241. The average molecular weight is 605 g/mol. The van der Waals surface area contributed by atoms with Gasteiger partial charge in [0, 0.05) is 30.1 Å². The van der Waals surface area contributed by atoms with Crippen molar-refractivity contribution in [3.63, 3.8) is 0 Å². The van der Waals surface area contributed by atoms with E-state index in [1.165, 1.54) is 24.4 Å². The number of aryl methyl sites for hydroxylation is 2. The second-order valence-electron chi connectivity index (χ2n) is 9.75. The van der Waals surface area contributed by atoms with E-state index in [-0.39, 0.29) is 28.5 Å². The van der Waals surface area contributed by atoms with Crippen LogP contribution in [0, 0.1) is 19.7 Å². The van der Waals surface area contributed by atoms with Crippen molar-refractivity contribution in [1.82, 2.24) is 14.8 Å². The van der Waals surface area contributed by atoms with Crippen molar-refractivity contribution >= 4 is 29.2 Å². The number of aromatic carboxylic acids is 1. The topological polar surface area (TPSA) is 97.6 Å². The molecular formula is C29H25ClF4N4O4. The number of alkyl halides is 3. The minimum Gasteiger partial charge on any atom is -0.478 e. The van der Waals surface area contributed by atoms with Crippen molar-refractivity contribution in [2.75, 3.05) is 4.90 Å². The highest BCUT2D eigenvalue weighted by Gasteiger charge is 2.36. The number of carboxylic acids is 1. The predicted octanol–water partition coefficient (Wildman–Crippen LogP) is 7.30. The Kier molecular flexibility index (Phi) is 8.58. The van der Waals surface area contributed by atoms with Gasteiger partial charge in [0.1, 0.15) is 11.4 Å². The number of carbonyl (C=O) groups is 2. The average Bonchev–Trinajstić information content (AvgIpc) is 3.21. The summed E-state index contributed by atoms with van der Waals surface area (Å²) in [6.45, 7) is 6.74. The zero-order chi connectivity index (χ0) is 30.9. The molecule has 42 heavy (non-hydrogen) atoms. The molecule has 0 aliphatic carbocycles. The summed E-state index contributed by atoms with van der Waals surface area (Å²) in [5, 5.41) is 14.4. The molecule has 1 amide bonds. The van der Waals surface area contributed by atoms with Crippen LogP contribution in [0.4, 0.5) is 23.2 Å². The number of carboxylic acid groups (broad SMARTS) is 1. The van der Waals surface area contributed by atoms with Crippen LogP contribution in [-0.2, 0) is 12.7 Å². The van der Waals surface area contributed by atoms with E-state index in [4.69, 9.17) is 16.3 Å². The fourth-order valence-electron chi connectivity index (χ4n) is 4.35. The number of aromatic nitrogens is 3. The van der Waals surface area contributed by atoms with Crippen LogP contribution in [0.3, 0.4) is 0 Å². The SMILES string of the molecule is Cc1cc(C)n(Cc2ccc(Oc3cc(C(=O)O)c(N(C(=O)c4ccc(Cl)cn4)C(C)C)cc3F)c(C(F)(F)F)c2)n1. The second-order valence-corrected chi connectivity index (χ2v) is 10.2. The number of anilines is 1. The number of benzene rings is 2. The largest absolute Gasteiger partial charge is 0.478 e. The third-order valence-electron chi connectivity index (χ3n) is 6.23. The Morgan fingerprint density at radius 3 is 2.33 bits per heavy atom. The zero-order valence-corrected chi connectivity index (χ0v) is 23.6. The monoisotopic (exact) mass is 604 g/mol. The first kappa shape index (κ1) is 30.5. The lowest BCUT2D eigenvalue weighted by Crippen LogP contribution is -2.38. The molecule has 0 saturated carbocycles. The number of halogens is 5. The highest BCUT2D eigenvalue weighted by Crippen LogP contribution is 2.41. The van der Waals surface area contributed by atoms with Gasteiger partial charge in [-0.25, -0.2) is 14.2 Å². The molecule has 0 bridgehead atoms. The molecule has 0 spiro atoms. The Balaban J connectivity index is 1.74. The van der Waals surface area contributed by atoms with E-state index in [2.05, 4.69) is 10.1 Å². The summed E-state index contributed by atoms with van der Waals surface area (Å²) in [6.07, 6.45) is -3.65. The number of ether oxygens (including phenoxy) is 1. The number of hydrogen-bond acceptors (Lipinski definition) is 5. The van der Waals surface area contributed by atoms with E-state index in [0.717, 1.165) is 34.9 Å². The van der Waals surface area contributed by atoms with Crippen molar-refractivity contribution in [1.29, 1.82) is 0 Å². The van der Waals surface area contributed by atoms with Gasteiger partial charge in [0.25, 0.3) is 5.91 Å². The molecule has 0 radical (unpaired) electrons. The smallest absolute Gasteiger partial charge is 0.419 e. The van der Waals surface area contributed by atoms with Gasteiger partial charge in [-0.2, -0.15) is 18.3 Å². The summed E-state index contributed by atoms with van der Waals surface area (Å²) >= 11 is 5.84. The quantitative estimate of drug-likeness (QED) is 0.212. The first-order valence-corrected chi connectivity index (χ1v) is 12.9. The summed E-state index contributed by atoms with van der Waals surface area (Å²) < 4.78 is 64.4. The van der Waals surface area contributed by atoms with E-state index in [0.29, 0.717) is 5.69 Å². The van der Waals surface area contributed by atoms with Gasteiger partial charge in [-0.05, 0) is 63.6 Å². The number of nitrogens with zero attached hydrogens (tertiary/aromatic N) is 4. The Hall–Kier alpha value is -4.45. The van der Waals surface area contributed by atoms with Crippen LogP contribution in [-0.4, -0.2) is 37.8 Å². The molecule has 8 nitrogen and oxygen atoms in total. The lowest BCUT2D eigenvalue weighted by Gasteiger charge is -2.28. The second kappa shape index (κ2) is 11.8. The normalized spacial score (nSPS) is 11.6. The van der Waals surface area contributed by atoms with Crippen LogP contribution >= 0.6 is 11.6 Å². The maximum atomic E-state index is 15.4. The minimum absolute atomic E-state index is 0.0524. The third kappa shape index (κ3) is 6.54. The van der Waals surface area contributed by atoms with E-state index < -0.39 is 52.5 Å². The first-order chi connectivity index (χ1) is 19.6. The summed E-state index contributed by atoms with van der Waals surface area (Å²) in [5.74, 6) is -4.99. The number of rotatable bonds is 8. The molecule has 2 heterocycles. The Labute approximate surface area is 243 Å². The maximum absolute atomic E-state index is 15.4. The molecule has 0 saturated heterocycles. The van der Waals surface area contributed by atoms with Gasteiger partial charge < -0.3 is 14.7 Å². The molecular weight excluding hydrogens is 580 g/mol. The van der Waals surface area contributed by atoms with Gasteiger partial charge in [0.2, 0.25) is 0 Å². The van der Waals surface area contributed by atoms with Crippen LogP contribution in [0.15, 0.2) is 54.7 Å². The molecule has 4 rings (SSSR count). The zero-order valence-electron chi connectivity index (χ0n) is 22.8. The van der Waals surface area contributed by atoms with Crippen molar-refractivity contribution < 1.29 is 37.0 Å². The van der Waals surface area contributed by atoms with E-state index in [1.54, 1.807) is 38.4 Å². The molecule has 0 aliphatic rings. The number of carbonyl (C=O) groups excluding carboxylic acids is 1. The highest BCUT2D eigenvalue weighted by atomic mass is 35.5. The maximum Gasteiger partial charge on any atom is 0.419 e. The minimum atomic E-state index is -4.88. The third-order valence-corrected chi connectivity index (χ3v) is 6.45. The van der Waals surface area contributed by atoms with Crippen molar-refractivity contribution in [2.45, 2.75) is 46.5 Å². The molecule has 2 aromatic carbocycles. The molecule has 4 aromatic rings. The predicted molar refractivity (Wildman–Crippen MR) is 147 cm³/mol. The number of hydrogen-bond donors (Lipinski definition) is 1. The van der Waals surface area contributed by atoms with E-state index in [1.807, 2.05) is 0 Å². The van der Waals surface area contributed by atoms with Gasteiger partial charge in [-0.15, -0.1) is 0 Å². The number of pyridine rings is 1. The Bertz CT molecular complexity index is 1650. The van der Waals surface area contributed by atoms with Crippen LogP contribution in [0.2, 0.25) is 5.02 Å². The molecule has 220 valence electrons. The molecule has 2 aromatic heterocycles. The van der Waals surface area contributed by atoms with Gasteiger partial charge in [0.15, 0.2) is 11.6 Å². The summed E-state index contributed by atoms with van der Waals surface area (Å²) in [4.78, 5) is 30.4. The summed E-state index contributed by atoms with van der Waals surface area (Å²) in [7, 11) is 0. The Morgan fingerprint density at radius 2 is 1.79 bits per heavy atom. The molecule has 13 heteroatoms. The van der Waals surface area contributed by atoms with Gasteiger partial charge in [-0.1, -0.05) is 17.7 Å². The molecule has 0 aliphatic heterocycles. The van der Waals surface area contributed by atoms with Crippen molar-refractivity contribution in [3.05, 3.63) is 99.3 Å². The van der Waals surface area contributed by atoms with Gasteiger partial charge in [-0.3, -0.25) is 9.48 Å². The van der Waals surface area contributed by atoms with Crippen molar-refractivity contribution in [2.24, 2.45) is 0 Å². The van der Waals surface area contributed by atoms with Gasteiger partial charge >= 0.3 is 12.1 Å². The van der Waals surface area contributed by atoms with Crippen LogP contribution < -0.4 is 9.64 Å². The van der Waals surface area contributed by atoms with Crippen LogP contribution in [0.1, 0.15) is 57.2 Å². The summed E-state index contributed by atoms with van der Waals surface area (Å²) in [6, 6.07) is 8.63. The standard InChI is InChI=1S/C29H25ClF4N4O4/c1-15(2)38(27(39)23-7-6-19(30)13-35-23)24-12-22(31)26(11-20(24)28(40)41)42-25-8-5-18(10-21(25)29(32,33)34)14-37-17(4)9-16(3)36-37/h5-13,15H,14H2,1-4H3,(H,40,41). The molecule has 0 unspecified atom stereocenters. The Morgan fingerprint density at radius 1 is 1.07 bits per heavy atom. The number of amides is 1. The fourth-order valence-corrected chi connectivity index (χ4v) is 4.46. The van der Waals surface area contributed by atoms with E-state index in [9.17, 15) is 27.9 Å². The highest BCUT2D eigenvalue weighted by molar-refractivity contribution is 6.30. The van der Waals surface area contributed by atoms with Crippen LogP contribution in [0.25, 0.3) is 0 Å². The lowest BCUT2D eigenvalue weighted by molar-refractivity contribution is -0.138.